The first-order chi connectivity index (χ1) is 16.8. The van der Waals surface area contributed by atoms with Crippen molar-refractivity contribution in [1.82, 2.24) is 9.80 Å². The van der Waals surface area contributed by atoms with E-state index in [4.69, 9.17) is 23.2 Å². The predicted molar refractivity (Wildman–Crippen MR) is 135 cm³/mol. The minimum Gasteiger partial charge on any atom is -0.310 e. The molecule has 8 heteroatoms. The number of likely N-dealkylation sites (tertiary alicyclic amines) is 1. The van der Waals surface area contributed by atoms with Crippen LogP contribution in [0.15, 0.2) is 72.8 Å². The number of amides is 3. The van der Waals surface area contributed by atoms with Crippen LogP contribution in [0.25, 0.3) is 0 Å². The number of nitriles is 1. The smallest absolute Gasteiger partial charge is 0.310 e. The SMILES string of the molecule is CN1C(=O)N(c2cc(Cl)cc(Cl)c2)C(=O)[C@]12CN(Cc1ccccc1)C[C@H]2c1ccc(C#N)cc1. The van der Waals surface area contributed by atoms with Crippen LogP contribution in [-0.2, 0) is 11.3 Å². The number of likely N-dealkylation sites (N-methyl/N-ethyl adjacent to an activating group) is 1. The van der Waals surface area contributed by atoms with Crippen LogP contribution >= 0.6 is 23.2 Å². The number of hydrogen-bond acceptors (Lipinski definition) is 4. The second-order valence-corrected chi connectivity index (χ2v) is 9.85. The average Bonchev–Trinajstić information content (AvgIpc) is 3.31. The molecule has 2 fully saturated rings. The van der Waals surface area contributed by atoms with Crippen molar-refractivity contribution >= 4 is 40.8 Å². The minimum atomic E-state index is -1.12. The van der Waals surface area contributed by atoms with Crippen LogP contribution in [0.1, 0.15) is 22.6 Å². The topological polar surface area (TPSA) is 67.7 Å². The van der Waals surface area contributed by atoms with Crippen molar-refractivity contribution in [3.05, 3.63) is 99.5 Å². The number of carbonyl (C=O) groups is 2. The molecule has 3 aromatic carbocycles. The van der Waals surface area contributed by atoms with Crippen molar-refractivity contribution in [2.24, 2.45) is 0 Å². The lowest BCUT2D eigenvalue weighted by Gasteiger charge is -2.34. The molecule has 3 amide bonds. The average molecular weight is 505 g/mol. The van der Waals surface area contributed by atoms with E-state index in [1.54, 1.807) is 42.3 Å². The zero-order valence-electron chi connectivity index (χ0n) is 19.0. The third kappa shape index (κ3) is 3.96. The van der Waals surface area contributed by atoms with Gasteiger partial charge in [0.1, 0.15) is 5.54 Å². The van der Waals surface area contributed by atoms with Gasteiger partial charge in [-0.15, -0.1) is 0 Å². The molecule has 3 aromatic rings. The maximum absolute atomic E-state index is 14.2. The predicted octanol–water partition coefficient (Wildman–Crippen LogP) is 5.30. The van der Waals surface area contributed by atoms with Crippen LogP contribution in [-0.4, -0.2) is 47.4 Å². The Hall–Kier alpha value is -3.37. The number of benzene rings is 3. The van der Waals surface area contributed by atoms with Crippen LogP contribution in [0.3, 0.4) is 0 Å². The molecule has 5 rings (SSSR count). The molecule has 2 heterocycles. The Morgan fingerprint density at radius 2 is 1.66 bits per heavy atom. The quantitative estimate of drug-likeness (QED) is 0.452. The first kappa shape index (κ1) is 23.4. The maximum atomic E-state index is 14.2. The molecule has 2 aliphatic heterocycles. The third-order valence-electron chi connectivity index (χ3n) is 6.93. The van der Waals surface area contributed by atoms with E-state index in [9.17, 15) is 14.9 Å². The summed E-state index contributed by atoms with van der Waals surface area (Å²) in [5.74, 6) is -0.603. The molecular formula is C27H22Cl2N4O2. The first-order valence-corrected chi connectivity index (χ1v) is 11.9. The maximum Gasteiger partial charge on any atom is 0.332 e. The summed E-state index contributed by atoms with van der Waals surface area (Å²) in [6, 6.07) is 23.7. The zero-order chi connectivity index (χ0) is 24.7. The molecular weight excluding hydrogens is 483 g/mol. The third-order valence-corrected chi connectivity index (χ3v) is 7.37. The highest BCUT2D eigenvalue weighted by Crippen LogP contribution is 2.47. The van der Waals surface area contributed by atoms with Crippen molar-refractivity contribution in [2.75, 3.05) is 25.0 Å². The Morgan fingerprint density at radius 1 is 1.00 bits per heavy atom. The van der Waals surface area contributed by atoms with Crippen LogP contribution in [0.5, 0.6) is 0 Å². The number of urea groups is 1. The Balaban J connectivity index is 1.58. The molecule has 176 valence electrons. The van der Waals surface area contributed by atoms with Gasteiger partial charge in [0, 0.05) is 42.6 Å². The Bertz CT molecular complexity index is 1320. The number of carbonyl (C=O) groups excluding carboxylic acids is 2. The molecule has 0 unspecified atom stereocenters. The Morgan fingerprint density at radius 3 is 2.29 bits per heavy atom. The van der Waals surface area contributed by atoms with Gasteiger partial charge in [0.05, 0.1) is 17.3 Å². The fourth-order valence-electron chi connectivity index (χ4n) is 5.26. The highest BCUT2D eigenvalue weighted by Gasteiger charge is 2.64. The molecule has 0 aromatic heterocycles. The highest BCUT2D eigenvalue weighted by molar-refractivity contribution is 6.35. The van der Waals surface area contributed by atoms with E-state index >= 15 is 0 Å². The lowest BCUT2D eigenvalue weighted by molar-refractivity contribution is -0.124. The van der Waals surface area contributed by atoms with Crippen molar-refractivity contribution in [2.45, 2.75) is 18.0 Å². The van der Waals surface area contributed by atoms with E-state index in [2.05, 4.69) is 11.0 Å². The van der Waals surface area contributed by atoms with Gasteiger partial charge in [0.2, 0.25) is 0 Å². The lowest BCUT2D eigenvalue weighted by atomic mass is 9.80. The molecule has 0 aliphatic carbocycles. The first-order valence-electron chi connectivity index (χ1n) is 11.2. The van der Waals surface area contributed by atoms with Gasteiger partial charge in [0.25, 0.3) is 5.91 Å². The Kier molecular flexibility index (Phi) is 6.02. The molecule has 6 nitrogen and oxygen atoms in total. The van der Waals surface area contributed by atoms with Gasteiger partial charge >= 0.3 is 6.03 Å². The van der Waals surface area contributed by atoms with Crippen LogP contribution in [0, 0.1) is 11.3 Å². The van der Waals surface area contributed by atoms with Gasteiger partial charge in [-0.3, -0.25) is 9.69 Å². The number of halogens is 2. The molecule has 0 radical (unpaired) electrons. The summed E-state index contributed by atoms with van der Waals surface area (Å²) in [5, 5.41) is 9.93. The van der Waals surface area contributed by atoms with Crippen LogP contribution in [0.2, 0.25) is 10.0 Å². The van der Waals surface area contributed by atoms with E-state index in [1.807, 2.05) is 42.5 Å². The van der Waals surface area contributed by atoms with E-state index in [0.29, 0.717) is 40.9 Å². The normalized spacial score (nSPS) is 22.3. The summed E-state index contributed by atoms with van der Waals surface area (Å²) in [5.41, 5.74) is 1.80. The molecule has 2 saturated heterocycles. The van der Waals surface area contributed by atoms with Crippen molar-refractivity contribution in [3.63, 3.8) is 0 Å². The number of rotatable bonds is 4. The Labute approximate surface area is 213 Å². The second-order valence-electron chi connectivity index (χ2n) is 8.98. The molecule has 0 N–H and O–H groups in total. The molecule has 0 saturated carbocycles. The van der Waals surface area contributed by atoms with Gasteiger partial charge in [-0.1, -0.05) is 65.7 Å². The monoisotopic (exact) mass is 504 g/mol. The number of nitrogens with zero attached hydrogens (tertiary/aromatic N) is 4. The number of imide groups is 1. The fourth-order valence-corrected chi connectivity index (χ4v) is 5.77. The summed E-state index contributed by atoms with van der Waals surface area (Å²) >= 11 is 12.4. The van der Waals surface area contributed by atoms with E-state index < -0.39 is 11.6 Å². The van der Waals surface area contributed by atoms with E-state index in [1.165, 1.54) is 4.90 Å². The van der Waals surface area contributed by atoms with Crippen molar-refractivity contribution in [1.29, 1.82) is 5.26 Å². The number of anilines is 1. The summed E-state index contributed by atoms with van der Waals surface area (Å²) < 4.78 is 0. The second kappa shape index (κ2) is 9.01. The van der Waals surface area contributed by atoms with E-state index in [-0.39, 0.29) is 11.8 Å². The van der Waals surface area contributed by atoms with E-state index in [0.717, 1.165) is 11.1 Å². The lowest BCUT2D eigenvalue weighted by Crippen LogP contribution is -2.53. The van der Waals surface area contributed by atoms with Gasteiger partial charge < -0.3 is 4.90 Å². The zero-order valence-corrected chi connectivity index (χ0v) is 20.5. The minimum absolute atomic E-state index is 0.292. The number of hydrogen-bond donors (Lipinski definition) is 0. The summed E-state index contributed by atoms with van der Waals surface area (Å²) in [4.78, 5) is 32.6. The largest absolute Gasteiger partial charge is 0.332 e. The standard InChI is InChI=1S/C27H22Cl2N4O2/c1-31-26(35)33(23-12-21(28)11-22(29)13-23)25(34)27(31)17-32(15-19-5-3-2-4-6-19)16-24(27)20-9-7-18(14-30)8-10-20/h2-13,24H,15-17H2,1H3/t24-,27+/m0/s1. The summed E-state index contributed by atoms with van der Waals surface area (Å²) in [6.45, 7) is 1.60. The molecule has 2 atom stereocenters. The molecule has 35 heavy (non-hydrogen) atoms. The van der Waals surface area contributed by atoms with Crippen LogP contribution < -0.4 is 4.90 Å². The fraction of sp³-hybridized carbons (Fsp3) is 0.222. The van der Waals surface area contributed by atoms with Crippen molar-refractivity contribution in [3.8, 4) is 6.07 Å². The van der Waals surface area contributed by atoms with Gasteiger partial charge in [0.15, 0.2) is 0 Å². The van der Waals surface area contributed by atoms with Gasteiger partial charge in [-0.25, -0.2) is 9.69 Å². The summed E-state index contributed by atoms with van der Waals surface area (Å²) in [7, 11) is 1.68. The highest BCUT2D eigenvalue weighted by atomic mass is 35.5. The molecule has 1 spiro atoms. The van der Waals surface area contributed by atoms with Gasteiger partial charge in [-0.2, -0.15) is 5.26 Å². The molecule has 2 aliphatic rings. The van der Waals surface area contributed by atoms with Crippen molar-refractivity contribution < 1.29 is 9.59 Å². The van der Waals surface area contributed by atoms with Crippen LogP contribution in [0.4, 0.5) is 10.5 Å². The molecule has 0 bridgehead atoms. The summed E-state index contributed by atoms with van der Waals surface area (Å²) in [6.07, 6.45) is 0. The van der Waals surface area contributed by atoms with Gasteiger partial charge in [-0.05, 0) is 41.5 Å².